The Bertz CT molecular complexity index is 1190. The zero-order valence-corrected chi connectivity index (χ0v) is 18.9. The number of carboxylic acids is 2. The number of carbonyl (C=O) groups is 4. The number of thioether (sulfide) groups is 2. The van der Waals surface area contributed by atoms with Crippen LogP contribution in [0.15, 0.2) is 58.3 Å². The molecule has 0 spiro atoms. The molecular weight excluding hydrogens is 492 g/mol. The van der Waals surface area contributed by atoms with Crippen molar-refractivity contribution in [2.24, 2.45) is 0 Å². The lowest BCUT2D eigenvalue weighted by Gasteiger charge is -2.15. The van der Waals surface area contributed by atoms with E-state index in [9.17, 15) is 29.4 Å². The Kier molecular flexibility index (Phi) is 5.86. The minimum Gasteiger partial charge on any atom is -0.478 e. The molecule has 160 valence electrons. The van der Waals surface area contributed by atoms with Crippen LogP contribution in [0.2, 0.25) is 0 Å². The molecule has 32 heavy (non-hydrogen) atoms. The van der Waals surface area contributed by atoms with Crippen molar-refractivity contribution in [2.75, 3.05) is 9.80 Å². The molecule has 12 heteroatoms. The largest absolute Gasteiger partial charge is 0.478 e. The Morgan fingerprint density at radius 2 is 1.09 bits per heavy atom. The third-order valence-corrected chi connectivity index (χ3v) is 7.32. The molecule has 2 amide bonds. The van der Waals surface area contributed by atoms with Crippen molar-refractivity contribution < 1.29 is 29.4 Å². The molecule has 0 aromatic heterocycles. The predicted molar refractivity (Wildman–Crippen MR) is 129 cm³/mol. The number of hydrogen-bond donors (Lipinski definition) is 2. The molecule has 0 radical (unpaired) electrons. The Balaban J connectivity index is 1.70. The van der Waals surface area contributed by atoms with Gasteiger partial charge in [0.1, 0.15) is 0 Å². The molecule has 0 atom stereocenters. The van der Waals surface area contributed by atoms with Crippen molar-refractivity contribution in [2.45, 2.75) is 0 Å². The number of carboxylic acid groups (broad SMARTS) is 2. The lowest BCUT2D eigenvalue weighted by molar-refractivity contribution is -0.115. The van der Waals surface area contributed by atoms with E-state index in [2.05, 4.69) is 0 Å². The molecule has 4 rings (SSSR count). The molecule has 2 saturated heterocycles. The average molecular weight is 503 g/mol. The van der Waals surface area contributed by atoms with Crippen molar-refractivity contribution >= 4 is 91.7 Å². The van der Waals surface area contributed by atoms with E-state index in [0.29, 0.717) is 0 Å². The first-order chi connectivity index (χ1) is 15.2. The summed E-state index contributed by atoms with van der Waals surface area (Å²) in [6.45, 7) is 0. The summed E-state index contributed by atoms with van der Waals surface area (Å²) in [6, 6.07) is 11.5. The van der Waals surface area contributed by atoms with Gasteiger partial charge in [-0.15, -0.1) is 0 Å². The van der Waals surface area contributed by atoms with Crippen LogP contribution in [0.5, 0.6) is 0 Å². The molecule has 2 aliphatic heterocycles. The van der Waals surface area contributed by atoms with E-state index in [1.54, 1.807) is 12.1 Å². The minimum absolute atomic E-state index is 0.0128. The van der Waals surface area contributed by atoms with Gasteiger partial charge in [0.05, 0.1) is 32.3 Å². The van der Waals surface area contributed by atoms with Gasteiger partial charge in [0.15, 0.2) is 8.64 Å². The van der Waals surface area contributed by atoms with Crippen LogP contribution in [0.4, 0.5) is 11.4 Å². The Labute approximate surface area is 199 Å². The molecule has 2 aliphatic rings. The van der Waals surface area contributed by atoms with Crippen molar-refractivity contribution in [3.63, 3.8) is 0 Å². The maximum atomic E-state index is 13.1. The molecule has 0 aliphatic carbocycles. The van der Waals surface area contributed by atoms with Crippen LogP contribution in [-0.2, 0) is 9.59 Å². The highest BCUT2D eigenvalue weighted by atomic mass is 32.2. The van der Waals surface area contributed by atoms with Gasteiger partial charge in [-0.05, 0) is 36.4 Å². The summed E-state index contributed by atoms with van der Waals surface area (Å²) >= 11 is 12.5. The standard InChI is InChI=1S/C20H10N2O6S4/c23-15-13(31-19(29)21(15)11-5-1-3-9(7-11)17(25)26)14-16(24)22(20(30)32-14)12-6-2-4-10(8-12)18(27)28/h1-8H,(H,25,26)(H,27,28)/b14-13+. The van der Waals surface area contributed by atoms with Gasteiger partial charge in [-0.25, -0.2) is 9.59 Å². The number of thiocarbonyl (C=S) groups is 2. The predicted octanol–water partition coefficient (Wildman–Crippen LogP) is 3.72. The molecule has 0 saturated carbocycles. The quantitative estimate of drug-likeness (QED) is 0.473. The summed E-state index contributed by atoms with van der Waals surface area (Å²) < 4.78 is 0.288. The second-order valence-electron chi connectivity index (χ2n) is 6.39. The highest BCUT2D eigenvalue weighted by Gasteiger charge is 2.43. The molecule has 2 aromatic rings. The van der Waals surface area contributed by atoms with Crippen LogP contribution in [-0.4, -0.2) is 42.6 Å². The van der Waals surface area contributed by atoms with E-state index < -0.39 is 23.8 Å². The zero-order chi connectivity index (χ0) is 23.2. The first kappa shape index (κ1) is 22.1. The third-order valence-electron chi connectivity index (χ3n) is 4.45. The van der Waals surface area contributed by atoms with Gasteiger partial charge >= 0.3 is 11.9 Å². The molecule has 8 nitrogen and oxygen atoms in total. The van der Waals surface area contributed by atoms with Crippen LogP contribution in [0.1, 0.15) is 20.7 Å². The van der Waals surface area contributed by atoms with Gasteiger partial charge in [0, 0.05) is 0 Å². The number of rotatable bonds is 4. The smallest absolute Gasteiger partial charge is 0.335 e. The fourth-order valence-electron chi connectivity index (χ4n) is 3.01. The van der Waals surface area contributed by atoms with Gasteiger partial charge < -0.3 is 10.2 Å². The van der Waals surface area contributed by atoms with Crippen molar-refractivity contribution in [1.82, 2.24) is 0 Å². The molecule has 0 unspecified atom stereocenters. The number of aromatic carboxylic acids is 2. The Hall–Kier alpha value is -3.06. The van der Waals surface area contributed by atoms with Gasteiger partial charge in [0.25, 0.3) is 11.8 Å². The van der Waals surface area contributed by atoms with Gasteiger partial charge in [0.2, 0.25) is 0 Å². The topological polar surface area (TPSA) is 115 Å². The lowest BCUT2D eigenvalue weighted by Crippen LogP contribution is -2.29. The molecule has 0 bridgehead atoms. The summed E-state index contributed by atoms with van der Waals surface area (Å²) in [5.41, 5.74) is 0.515. The van der Waals surface area contributed by atoms with E-state index >= 15 is 0 Å². The highest BCUT2D eigenvalue weighted by molar-refractivity contribution is 8.30. The summed E-state index contributed by atoms with van der Waals surface area (Å²) in [5.74, 6) is -3.44. The molecular formula is C20H10N2O6S4. The van der Waals surface area contributed by atoms with Gasteiger partial charge in [-0.1, -0.05) is 60.1 Å². The second-order valence-corrected chi connectivity index (χ2v) is 9.67. The summed E-state index contributed by atoms with van der Waals surface area (Å²) in [5, 5.41) is 18.4. The fourth-order valence-corrected chi connectivity index (χ4v) is 5.76. The van der Waals surface area contributed by atoms with Crippen molar-refractivity contribution in [3.8, 4) is 0 Å². The third kappa shape index (κ3) is 3.81. The number of hydrogen-bond acceptors (Lipinski definition) is 8. The molecule has 2 fully saturated rings. The number of benzene rings is 2. The van der Waals surface area contributed by atoms with Gasteiger partial charge in [-0.3, -0.25) is 19.4 Å². The number of amides is 2. The van der Waals surface area contributed by atoms with E-state index in [1.165, 1.54) is 46.2 Å². The van der Waals surface area contributed by atoms with Gasteiger partial charge in [-0.2, -0.15) is 0 Å². The van der Waals surface area contributed by atoms with Crippen LogP contribution >= 0.6 is 48.0 Å². The monoisotopic (exact) mass is 502 g/mol. The Morgan fingerprint density at radius 1 is 0.719 bits per heavy atom. The number of carbonyl (C=O) groups excluding carboxylic acids is 2. The van der Waals surface area contributed by atoms with Crippen LogP contribution < -0.4 is 9.80 Å². The maximum Gasteiger partial charge on any atom is 0.335 e. The maximum absolute atomic E-state index is 13.1. The van der Waals surface area contributed by atoms with E-state index in [1.807, 2.05) is 0 Å². The lowest BCUT2D eigenvalue weighted by atomic mass is 10.2. The fraction of sp³-hybridized carbons (Fsp3) is 0. The summed E-state index contributed by atoms with van der Waals surface area (Å²) in [6.07, 6.45) is 0. The van der Waals surface area contributed by atoms with Crippen LogP contribution in [0.25, 0.3) is 0 Å². The van der Waals surface area contributed by atoms with E-state index in [-0.39, 0.29) is 41.0 Å². The second kappa shape index (κ2) is 8.47. The van der Waals surface area contributed by atoms with Crippen molar-refractivity contribution in [1.29, 1.82) is 0 Å². The number of nitrogens with zero attached hydrogens (tertiary/aromatic N) is 2. The van der Waals surface area contributed by atoms with Crippen LogP contribution in [0.3, 0.4) is 0 Å². The first-order valence-corrected chi connectivity index (χ1v) is 11.2. The summed E-state index contributed by atoms with van der Waals surface area (Å²) in [7, 11) is 0. The average Bonchev–Trinajstić information content (AvgIpc) is 3.22. The zero-order valence-electron chi connectivity index (χ0n) is 15.7. The molecule has 2 N–H and O–H groups in total. The molecule has 2 aromatic carbocycles. The minimum atomic E-state index is -1.15. The van der Waals surface area contributed by atoms with E-state index in [0.717, 1.165) is 23.5 Å². The summed E-state index contributed by atoms with van der Waals surface area (Å²) in [4.78, 5) is 51.3. The molecule has 2 heterocycles. The SMILES string of the molecule is O=C(O)c1cccc(N2C(=O)/C(=C3\SC(=S)N(c4cccc(C(=O)O)c4)C3=O)SC2=S)c1. The Morgan fingerprint density at radius 3 is 1.44 bits per heavy atom. The van der Waals surface area contributed by atoms with Crippen molar-refractivity contribution in [3.05, 3.63) is 69.5 Å². The highest BCUT2D eigenvalue weighted by Crippen LogP contribution is 2.44. The first-order valence-electron chi connectivity index (χ1n) is 8.72. The van der Waals surface area contributed by atoms with Crippen LogP contribution in [0, 0.1) is 0 Å². The number of anilines is 2. The normalized spacial score (nSPS) is 18.6. The van der Waals surface area contributed by atoms with E-state index in [4.69, 9.17) is 24.4 Å².